The van der Waals surface area contributed by atoms with E-state index in [1.807, 2.05) is 0 Å². The number of rotatable bonds is 2. The third-order valence-corrected chi connectivity index (χ3v) is 5.83. The van der Waals surface area contributed by atoms with E-state index >= 15 is 0 Å². The van der Waals surface area contributed by atoms with E-state index in [1.165, 1.54) is 57.8 Å². The summed E-state index contributed by atoms with van der Waals surface area (Å²) >= 11 is 0. The first-order valence-corrected chi connectivity index (χ1v) is 7.59. The van der Waals surface area contributed by atoms with Gasteiger partial charge in [-0.15, -0.1) is 0 Å². The second kappa shape index (κ2) is 4.24. The van der Waals surface area contributed by atoms with Gasteiger partial charge in [0.2, 0.25) is 0 Å². The Kier molecular flexibility index (Phi) is 2.99. The first kappa shape index (κ1) is 12.0. The Morgan fingerprint density at radius 2 is 2.00 bits per heavy atom. The molecule has 3 fully saturated rings. The fourth-order valence-electron chi connectivity index (χ4n) is 4.37. The van der Waals surface area contributed by atoms with E-state index in [2.05, 4.69) is 6.92 Å². The molecule has 0 aromatic carbocycles. The maximum absolute atomic E-state index is 6.74. The molecule has 0 aromatic heterocycles. The third kappa shape index (κ3) is 2.04. The van der Waals surface area contributed by atoms with Crippen LogP contribution in [0.25, 0.3) is 0 Å². The van der Waals surface area contributed by atoms with Gasteiger partial charge in [-0.3, -0.25) is 0 Å². The molecule has 3 atom stereocenters. The van der Waals surface area contributed by atoms with Crippen molar-refractivity contribution in [1.29, 1.82) is 0 Å². The Balaban J connectivity index is 1.67. The molecule has 0 amide bonds. The molecule has 1 heterocycles. The first-order chi connectivity index (χ1) is 8.16. The summed E-state index contributed by atoms with van der Waals surface area (Å²) < 4.78 is 6.03. The van der Waals surface area contributed by atoms with E-state index in [-0.39, 0.29) is 11.1 Å². The summed E-state index contributed by atoms with van der Waals surface area (Å²) in [6, 6.07) is 0. The smallest absolute Gasteiger partial charge is 0.0686 e. The first-order valence-electron chi connectivity index (χ1n) is 7.59. The molecule has 1 aliphatic heterocycles. The minimum Gasteiger partial charge on any atom is -0.375 e. The molecule has 0 bridgehead atoms. The van der Waals surface area contributed by atoms with Crippen LogP contribution in [0.15, 0.2) is 0 Å². The molecule has 1 spiro atoms. The van der Waals surface area contributed by atoms with Crippen LogP contribution in [0.4, 0.5) is 0 Å². The van der Waals surface area contributed by atoms with Gasteiger partial charge in [-0.2, -0.15) is 0 Å². The van der Waals surface area contributed by atoms with Crippen LogP contribution in [0.5, 0.6) is 0 Å². The van der Waals surface area contributed by atoms with Crippen LogP contribution in [0.2, 0.25) is 0 Å². The number of hydrogen-bond acceptors (Lipinski definition) is 2. The lowest BCUT2D eigenvalue weighted by atomic mass is 9.66. The second-order valence-electron chi connectivity index (χ2n) is 6.82. The quantitative estimate of drug-likeness (QED) is 0.800. The molecule has 3 unspecified atom stereocenters. The normalized spacial score (nSPS) is 44.8. The highest BCUT2D eigenvalue weighted by molar-refractivity contribution is 5.04. The van der Waals surface area contributed by atoms with Gasteiger partial charge in [0.25, 0.3) is 0 Å². The van der Waals surface area contributed by atoms with Gasteiger partial charge >= 0.3 is 0 Å². The minimum atomic E-state index is 0.146. The lowest BCUT2D eigenvalue weighted by Crippen LogP contribution is -2.54. The van der Waals surface area contributed by atoms with E-state index in [1.54, 1.807) is 0 Å². The van der Waals surface area contributed by atoms with Crippen molar-refractivity contribution in [3.8, 4) is 0 Å². The van der Waals surface area contributed by atoms with Crippen LogP contribution in [0.1, 0.15) is 64.7 Å². The molecular formula is C15H27NO. The molecule has 0 radical (unpaired) electrons. The van der Waals surface area contributed by atoms with Crippen LogP contribution < -0.4 is 5.73 Å². The van der Waals surface area contributed by atoms with E-state index < -0.39 is 0 Å². The third-order valence-electron chi connectivity index (χ3n) is 5.83. The summed E-state index contributed by atoms with van der Waals surface area (Å²) in [5.74, 6) is 1.62. The standard InChI is InChI=1S/C15H27NO/c1-2-12-4-8-15(16,10-12)13-5-9-17-14(11-13)6-3-7-14/h12-13H,2-11,16H2,1H3. The summed E-state index contributed by atoms with van der Waals surface area (Å²) in [5, 5.41) is 0. The molecule has 2 heteroatoms. The van der Waals surface area contributed by atoms with Gasteiger partial charge < -0.3 is 10.5 Å². The lowest BCUT2D eigenvalue weighted by Gasteiger charge is -2.50. The topological polar surface area (TPSA) is 35.2 Å². The van der Waals surface area contributed by atoms with Crippen LogP contribution in [0.3, 0.4) is 0 Å². The van der Waals surface area contributed by atoms with Crippen molar-refractivity contribution in [2.45, 2.75) is 75.9 Å². The summed E-state index contributed by atoms with van der Waals surface area (Å²) in [7, 11) is 0. The number of ether oxygens (including phenoxy) is 1. The number of nitrogens with two attached hydrogens (primary N) is 1. The highest BCUT2D eigenvalue weighted by Gasteiger charge is 2.49. The van der Waals surface area contributed by atoms with Crippen molar-refractivity contribution >= 4 is 0 Å². The minimum absolute atomic E-state index is 0.146. The van der Waals surface area contributed by atoms with Crippen molar-refractivity contribution in [3.05, 3.63) is 0 Å². The van der Waals surface area contributed by atoms with E-state index in [0.717, 1.165) is 18.4 Å². The van der Waals surface area contributed by atoms with Gasteiger partial charge in [0.15, 0.2) is 0 Å². The Bertz CT molecular complexity index is 287. The zero-order valence-corrected chi connectivity index (χ0v) is 11.2. The van der Waals surface area contributed by atoms with Crippen molar-refractivity contribution in [2.75, 3.05) is 6.61 Å². The van der Waals surface area contributed by atoms with Gasteiger partial charge in [-0.25, -0.2) is 0 Å². The average Bonchev–Trinajstić information content (AvgIpc) is 2.71. The molecule has 2 aliphatic carbocycles. The van der Waals surface area contributed by atoms with Crippen molar-refractivity contribution in [2.24, 2.45) is 17.6 Å². The van der Waals surface area contributed by atoms with Crippen molar-refractivity contribution in [3.63, 3.8) is 0 Å². The summed E-state index contributed by atoms with van der Waals surface area (Å²) in [5.41, 5.74) is 7.15. The van der Waals surface area contributed by atoms with Crippen molar-refractivity contribution < 1.29 is 4.74 Å². The lowest BCUT2D eigenvalue weighted by molar-refractivity contribution is -0.152. The number of hydrogen-bond donors (Lipinski definition) is 1. The molecule has 3 rings (SSSR count). The van der Waals surface area contributed by atoms with Crippen LogP contribution >= 0.6 is 0 Å². The average molecular weight is 237 g/mol. The van der Waals surface area contributed by atoms with Gasteiger partial charge in [-0.05, 0) is 63.2 Å². The Morgan fingerprint density at radius 3 is 2.59 bits per heavy atom. The predicted octanol–water partition coefficient (Wildman–Crippen LogP) is 3.24. The zero-order valence-electron chi connectivity index (χ0n) is 11.2. The van der Waals surface area contributed by atoms with Gasteiger partial charge in [0, 0.05) is 12.1 Å². The second-order valence-corrected chi connectivity index (χ2v) is 6.82. The van der Waals surface area contributed by atoms with E-state index in [0.29, 0.717) is 0 Å². The molecule has 0 aromatic rings. The molecule has 3 aliphatic rings. The Hall–Kier alpha value is -0.0800. The van der Waals surface area contributed by atoms with E-state index in [4.69, 9.17) is 10.5 Å². The van der Waals surface area contributed by atoms with Crippen LogP contribution in [-0.2, 0) is 4.74 Å². The molecular weight excluding hydrogens is 210 g/mol. The monoisotopic (exact) mass is 237 g/mol. The summed E-state index contributed by atoms with van der Waals surface area (Å²) in [6.07, 6.45) is 11.6. The van der Waals surface area contributed by atoms with E-state index in [9.17, 15) is 0 Å². The van der Waals surface area contributed by atoms with Gasteiger partial charge in [0.05, 0.1) is 5.60 Å². The predicted molar refractivity (Wildman–Crippen MR) is 69.8 cm³/mol. The Labute approximate surface area is 105 Å². The maximum Gasteiger partial charge on any atom is 0.0686 e. The molecule has 17 heavy (non-hydrogen) atoms. The SMILES string of the molecule is CCC1CCC(N)(C2CCOC3(CCC3)C2)C1. The fourth-order valence-corrected chi connectivity index (χ4v) is 4.37. The molecule has 2 saturated carbocycles. The molecule has 2 nitrogen and oxygen atoms in total. The Morgan fingerprint density at radius 1 is 1.18 bits per heavy atom. The molecule has 98 valence electrons. The van der Waals surface area contributed by atoms with Crippen LogP contribution in [0, 0.1) is 11.8 Å². The largest absolute Gasteiger partial charge is 0.375 e. The highest BCUT2D eigenvalue weighted by atomic mass is 16.5. The highest BCUT2D eigenvalue weighted by Crippen LogP contribution is 2.50. The fraction of sp³-hybridized carbons (Fsp3) is 1.00. The summed E-state index contributed by atoms with van der Waals surface area (Å²) in [4.78, 5) is 0. The maximum atomic E-state index is 6.74. The van der Waals surface area contributed by atoms with Gasteiger partial charge in [0.1, 0.15) is 0 Å². The van der Waals surface area contributed by atoms with Gasteiger partial charge in [-0.1, -0.05) is 13.3 Å². The zero-order chi connectivity index (χ0) is 11.9. The van der Waals surface area contributed by atoms with Crippen LogP contribution in [-0.4, -0.2) is 17.7 Å². The van der Waals surface area contributed by atoms with Crippen molar-refractivity contribution in [1.82, 2.24) is 0 Å². The molecule has 1 saturated heterocycles. The summed E-state index contributed by atoms with van der Waals surface area (Å²) in [6.45, 7) is 3.27. The molecule has 2 N–H and O–H groups in total.